The number of hydrogen-bond donors (Lipinski definition) is 1. The van der Waals surface area contributed by atoms with Crippen molar-refractivity contribution in [2.75, 3.05) is 6.54 Å². The Morgan fingerprint density at radius 2 is 2.27 bits per heavy atom. The molecular weight excluding hydrogens is 138 g/mol. The van der Waals surface area contributed by atoms with Crippen LogP contribution in [-0.4, -0.2) is 18.8 Å². The van der Waals surface area contributed by atoms with Gasteiger partial charge in [-0.2, -0.15) is 0 Å². The number of hydrogen-bond acceptors (Lipinski definition) is 2. The molecule has 2 nitrogen and oxygen atoms in total. The molecule has 0 heterocycles. The van der Waals surface area contributed by atoms with Gasteiger partial charge in [-0.3, -0.25) is 0 Å². The zero-order valence-electron chi connectivity index (χ0n) is 7.38. The zero-order chi connectivity index (χ0) is 8.10. The Balaban J connectivity index is 1.95. The monoisotopic (exact) mass is 157 g/mol. The maximum absolute atomic E-state index is 5.73. The highest BCUT2D eigenvalue weighted by atomic mass is 16.5. The van der Waals surface area contributed by atoms with E-state index >= 15 is 0 Å². The predicted molar refractivity (Wildman–Crippen MR) is 46.5 cm³/mol. The zero-order valence-corrected chi connectivity index (χ0v) is 7.38. The number of nitrogens with two attached hydrogens (primary N) is 1. The Labute approximate surface area is 69.1 Å². The van der Waals surface area contributed by atoms with Gasteiger partial charge in [-0.25, -0.2) is 0 Å². The van der Waals surface area contributed by atoms with Crippen LogP contribution in [0.5, 0.6) is 0 Å². The van der Waals surface area contributed by atoms with Crippen molar-refractivity contribution in [2.45, 2.75) is 51.2 Å². The molecule has 2 heteroatoms. The summed E-state index contributed by atoms with van der Waals surface area (Å²) in [5.74, 6) is 0. The van der Waals surface area contributed by atoms with Crippen LogP contribution >= 0.6 is 0 Å². The van der Waals surface area contributed by atoms with E-state index in [0.29, 0.717) is 12.2 Å². The average Bonchev–Trinajstić information content (AvgIpc) is 1.93. The molecule has 0 aromatic rings. The van der Waals surface area contributed by atoms with Crippen LogP contribution in [0, 0.1) is 0 Å². The van der Waals surface area contributed by atoms with Crippen molar-refractivity contribution in [1.29, 1.82) is 0 Å². The quantitative estimate of drug-likeness (QED) is 0.659. The lowest BCUT2D eigenvalue weighted by molar-refractivity contribution is -0.0462. The molecule has 1 unspecified atom stereocenters. The molecule has 11 heavy (non-hydrogen) atoms. The molecule has 1 rings (SSSR count). The van der Waals surface area contributed by atoms with Gasteiger partial charge in [-0.1, -0.05) is 0 Å². The van der Waals surface area contributed by atoms with E-state index in [4.69, 9.17) is 10.5 Å². The summed E-state index contributed by atoms with van der Waals surface area (Å²) in [6, 6.07) is 0. The van der Waals surface area contributed by atoms with Crippen LogP contribution in [-0.2, 0) is 4.74 Å². The first-order chi connectivity index (χ1) is 5.33. The van der Waals surface area contributed by atoms with Crippen LogP contribution in [0.3, 0.4) is 0 Å². The van der Waals surface area contributed by atoms with Gasteiger partial charge in [0, 0.05) is 0 Å². The lowest BCUT2D eigenvalue weighted by Gasteiger charge is -2.28. The van der Waals surface area contributed by atoms with Crippen molar-refractivity contribution in [3.05, 3.63) is 0 Å². The highest BCUT2D eigenvalue weighted by Gasteiger charge is 2.19. The van der Waals surface area contributed by atoms with Gasteiger partial charge >= 0.3 is 0 Å². The molecule has 0 aliphatic heterocycles. The van der Waals surface area contributed by atoms with Crippen molar-refractivity contribution < 1.29 is 4.74 Å². The molecule has 0 radical (unpaired) electrons. The number of rotatable bonds is 5. The summed E-state index contributed by atoms with van der Waals surface area (Å²) in [6.45, 7) is 2.94. The summed E-state index contributed by atoms with van der Waals surface area (Å²) in [7, 11) is 0. The Hall–Kier alpha value is -0.0800. The second kappa shape index (κ2) is 4.73. The summed E-state index contributed by atoms with van der Waals surface area (Å²) < 4.78 is 5.73. The third-order valence-corrected chi connectivity index (χ3v) is 2.29. The predicted octanol–water partition coefficient (Wildman–Crippen LogP) is 1.68. The van der Waals surface area contributed by atoms with Crippen LogP contribution in [0.15, 0.2) is 0 Å². The van der Waals surface area contributed by atoms with E-state index in [-0.39, 0.29) is 0 Å². The summed E-state index contributed by atoms with van der Waals surface area (Å²) in [6.07, 6.45) is 7.10. The Bertz CT molecular complexity index is 102. The van der Waals surface area contributed by atoms with E-state index in [0.717, 1.165) is 19.4 Å². The van der Waals surface area contributed by atoms with E-state index in [1.54, 1.807) is 0 Å². The minimum atomic E-state index is 0.420. The molecular formula is C9H19NO. The Kier molecular flexibility index (Phi) is 3.87. The molecule has 0 spiro atoms. The van der Waals surface area contributed by atoms with E-state index in [1.807, 2.05) is 0 Å². The molecule has 0 aromatic heterocycles. The lowest BCUT2D eigenvalue weighted by atomic mass is 9.96. The van der Waals surface area contributed by atoms with Gasteiger partial charge in [0.05, 0.1) is 12.2 Å². The largest absolute Gasteiger partial charge is 0.375 e. The molecule has 1 atom stereocenters. The first-order valence-corrected chi connectivity index (χ1v) is 4.68. The topological polar surface area (TPSA) is 35.2 Å². The van der Waals surface area contributed by atoms with Crippen molar-refractivity contribution in [3.63, 3.8) is 0 Å². The second-order valence-corrected chi connectivity index (χ2v) is 3.43. The van der Waals surface area contributed by atoms with Gasteiger partial charge in [-0.05, 0) is 45.6 Å². The molecule has 0 saturated heterocycles. The highest BCUT2D eigenvalue weighted by molar-refractivity contribution is 4.70. The average molecular weight is 157 g/mol. The van der Waals surface area contributed by atoms with Crippen molar-refractivity contribution >= 4 is 0 Å². The fraction of sp³-hybridized carbons (Fsp3) is 1.00. The second-order valence-electron chi connectivity index (χ2n) is 3.43. The fourth-order valence-corrected chi connectivity index (χ4v) is 1.31. The fourth-order valence-electron chi connectivity index (χ4n) is 1.31. The van der Waals surface area contributed by atoms with Gasteiger partial charge in [-0.15, -0.1) is 0 Å². The van der Waals surface area contributed by atoms with Crippen LogP contribution in [0.2, 0.25) is 0 Å². The molecule has 1 fully saturated rings. The molecule has 0 bridgehead atoms. The van der Waals surface area contributed by atoms with E-state index in [9.17, 15) is 0 Å². The van der Waals surface area contributed by atoms with Crippen LogP contribution < -0.4 is 5.73 Å². The minimum Gasteiger partial charge on any atom is -0.375 e. The smallest absolute Gasteiger partial charge is 0.0578 e. The molecule has 2 N–H and O–H groups in total. The van der Waals surface area contributed by atoms with Crippen LogP contribution in [0.25, 0.3) is 0 Å². The molecule has 1 aliphatic rings. The van der Waals surface area contributed by atoms with Crippen molar-refractivity contribution in [1.82, 2.24) is 0 Å². The summed E-state index contributed by atoms with van der Waals surface area (Å²) in [5, 5.41) is 0. The summed E-state index contributed by atoms with van der Waals surface area (Å²) in [5.41, 5.74) is 5.40. The molecule has 66 valence electrons. The van der Waals surface area contributed by atoms with Gasteiger partial charge in [0.2, 0.25) is 0 Å². The SMILES string of the molecule is CC(CCCN)OC1CCC1. The highest BCUT2D eigenvalue weighted by Crippen LogP contribution is 2.23. The Morgan fingerprint density at radius 1 is 1.55 bits per heavy atom. The number of ether oxygens (including phenoxy) is 1. The third kappa shape index (κ3) is 3.21. The molecule has 0 amide bonds. The van der Waals surface area contributed by atoms with Gasteiger partial charge in [0.25, 0.3) is 0 Å². The van der Waals surface area contributed by atoms with Crippen LogP contribution in [0.1, 0.15) is 39.0 Å². The lowest BCUT2D eigenvalue weighted by Crippen LogP contribution is -2.26. The first-order valence-electron chi connectivity index (χ1n) is 4.68. The molecule has 0 aromatic carbocycles. The standard InChI is InChI=1S/C9H19NO/c1-8(4-3-7-10)11-9-5-2-6-9/h8-9H,2-7,10H2,1H3. The van der Waals surface area contributed by atoms with Gasteiger partial charge < -0.3 is 10.5 Å². The van der Waals surface area contributed by atoms with E-state index in [2.05, 4.69) is 6.92 Å². The summed E-state index contributed by atoms with van der Waals surface area (Å²) in [4.78, 5) is 0. The molecule has 1 aliphatic carbocycles. The van der Waals surface area contributed by atoms with Gasteiger partial charge in [0.15, 0.2) is 0 Å². The molecule has 1 saturated carbocycles. The first kappa shape index (κ1) is 9.01. The van der Waals surface area contributed by atoms with Crippen molar-refractivity contribution in [3.8, 4) is 0 Å². The Morgan fingerprint density at radius 3 is 2.73 bits per heavy atom. The van der Waals surface area contributed by atoms with Crippen molar-refractivity contribution in [2.24, 2.45) is 5.73 Å². The van der Waals surface area contributed by atoms with E-state index in [1.165, 1.54) is 19.3 Å². The maximum Gasteiger partial charge on any atom is 0.0578 e. The van der Waals surface area contributed by atoms with Crippen LogP contribution in [0.4, 0.5) is 0 Å². The maximum atomic E-state index is 5.73. The normalized spacial score (nSPS) is 21.3. The third-order valence-electron chi connectivity index (χ3n) is 2.29. The summed E-state index contributed by atoms with van der Waals surface area (Å²) >= 11 is 0. The van der Waals surface area contributed by atoms with Gasteiger partial charge in [0.1, 0.15) is 0 Å². The van der Waals surface area contributed by atoms with E-state index < -0.39 is 0 Å². The minimum absolute atomic E-state index is 0.420.